The highest BCUT2D eigenvalue weighted by molar-refractivity contribution is 5.82. The maximum atomic E-state index is 10.8. The lowest BCUT2D eigenvalue weighted by Gasteiger charge is -2.27. The van der Waals surface area contributed by atoms with Gasteiger partial charge in [-0.15, -0.1) is 0 Å². The van der Waals surface area contributed by atoms with Crippen LogP contribution in [0.2, 0.25) is 0 Å². The van der Waals surface area contributed by atoms with E-state index in [1.807, 2.05) is 6.08 Å². The molecule has 1 unspecified atom stereocenters. The fourth-order valence-electron chi connectivity index (χ4n) is 1.79. The van der Waals surface area contributed by atoms with E-state index in [1.165, 1.54) is 32.6 Å². The van der Waals surface area contributed by atoms with Gasteiger partial charge < -0.3 is 9.64 Å². The van der Waals surface area contributed by atoms with E-state index in [-0.39, 0.29) is 5.97 Å². The van der Waals surface area contributed by atoms with E-state index in [4.69, 9.17) is 0 Å². The van der Waals surface area contributed by atoms with Crippen LogP contribution in [-0.4, -0.2) is 38.1 Å². The summed E-state index contributed by atoms with van der Waals surface area (Å²) in [5, 5.41) is 0. The second kappa shape index (κ2) is 6.40. The van der Waals surface area contributed by atoms with Crippen LogP contribution in [0.25, 0.3) is 0 Å². The third-order valence-corrected chi connectivity index (χ3v) is 2.59. The van der Waals surface area contributed by atoms with E-state index in [2.05, 4.69) is 22.8 Å². The quantitative estimate of drug-likeness (QED) is 0.402. The first-order valence-electron chi connectivity index (χ1n) is 5.33. The maximum Gasteiger partial charge on any atom is 0.330 e. The Morgan fingerprint density at radius 1 is 1.47 bits per heavy atom. The van der Waals surface area contributed by atoms with E-state index in [0.717, 1.165) is 6.54 Å². The van der Waals surface area contributed by atoms with Gasteiger partial charge in [0.25, 0.3) is 0 Å². The van der Waals surface area contributed by atoms with Gasteiger partial charge in [0.05, 0.1) is 7.11 Å². The largest absolute Gasteiger partial charge is 0.466 e. The number of likely N-dealkylation sites (tertiary alicyclic amines) is 1. The maximum absolute atomic E-state index is 10.8. The minimum absolute atomic E-state index is 0.305. The number of methoxy groups -OCH3 is 1. The van der Waals surface area contributed by atoms with Gasteiger partial charge in [-0.05, 0) is 32.4 Å². The van der Waals surface area contributed by atoms with Gasteiger partial charge in [0, 0.05) is 12.6 Å². The molecule has 1 rings (SSSR count). The summed E-state index contributed by atoms with van der Waals surface area (Å²) in [6, 6.07) is 0. The van der Waals surface area contributed by atoms with Crippen molar-refractivity contribution in [3.63, 3.8) is 0 Å². The van der Waals surface area contributed by atoms with Crippen LogP contribution in [0, 0.1) is 5.92 Å². The standard InChI is InChI=1S/C12H19NO2/c1-13-9-5-7-11(10-13)6-3-4-8-12(14)15-2/h3-4,6,8,11H,5,7,9-10H2,1-2H3/b6-3+,8-4-. The van der Waals surface area contributed by atoms with Crippen LogP contribution < -0.4 is 0 Å². The van der Waals surface area contributed by atoms with E-state index in [0.29, 0.717) is 5.92 Å². The summed E-state index contributed by atoms with van der Waals surface area (Å²) in [6.07, 6.45) is 9.76. The van der Waals surface area contributed by atoms with Crippen molar-refractivity contribution in [1.82, 2.24) is 4.90 Å². The Labute approximate surface area is 91.4 Å². The molecule has 1 atom stereocenters. The fraction of sp³-hybridized carbons (Fsp3) is 0.583. The lowest BCUT2D eigenvalue weighted by Crippen LogP contribution is -2.30. The monoisotopic (exact) mass is 209 g/mol. The smallest absolute Gasteiger partial charge is 0.330 e. The van der Waals surface area contributed by atoms with E-state index < -0.39 is 0 Å². The summed E-state index contributed by atoms with van der Waals surface area (Å²) < 4.78 is 4.49. The molecule has 1 aliphatic rings. The summed E-state index contributed by atoms with van der Waals surface area (Å²) in [4.78, 5) is 13.1. The number of carbonyl (C=O) groups is 1. The van der Waals surface area contributed by atoms with Crippen molar-refractivity contribution in [1.29, 1.82) is 0 Å². The van der Waals surface area contributed by atoms with Crippen molar-refractivity contribution in [2.45, 2.75) is 12.8 Å². The first-order valence-corrected chi connectivity index (χ1v) is 5.33. The number of ether oxygens (including phenoxy) is 1. The summed E-state index contributed by atoms with van der Waals surface area (Å²) in [5.74, 6) is 0.312. The topological polar surface area (TPSA) is 29.5 Å². The van der Waals surface area contributed by atoms with Gasteiger partial charge in [-0.25, -0.2) is 4.79 Å². The molecule has 0 spiro atoms. The molecule has 1 heterocycles. The Balaban J connectivity index is 2.30. The molecule has 3 nitrogen and oxygen atoms in total. The molecule has 0 aromatic carbocycles. The molecule has 0 N–H and O–H groups in total. The molecule has 0 aliphatic carbocycles. The molecule has 1 saturated heterocycles. The van der Waals surface area contributed by atoms with Crippen molar-refractivity contribution >= 4 is 5.97 Å². The van der Waals surface area contributed by atoms with Gasteiger partial charge in [-0.3, -0.25) is 0 Å². The van der Waals surface area contributed by atoms with Crippen LogP contribution in [0.3, 0.4) is 0 Å². The highest BCUT2D eigenvalue weighted by Crippen LogP contribution is 2.15. The van der Waals surface area contributed by atoms with Crippen molar-refractivity contribution in [3.05, 3.63) is 24.3 Å². The Morgan fingerprint density at radius 3 is 2.93 bits per heavy atom. The predicted octanol–water partition coefficient (Wildman–Crippen LogP) is 1.61. The zero-order valence-electron chi connectivity index (χ0n) is 9.48. The first-order chi connectivity index (χ1) is 7.22. The Hall–Kier alpha value is -1.09. The molecule has 1 aliphatic heterocycles. The third kappa shape index (κ3) is 4.79. The first kappa shape index (κ1) is 12.0. The highest BCUT2D eigenvalue weighted by atomic mass is 16.5. The molecule has 1 fully saturated rings. The molecule has 0 radical (unpaired) electrons. The number of hydrogen-bond acceptors (Lipinski definition) is 3. The molecule has 3 heteroatoms. The lowest BCUT2D eigenvalue weighted by molar-refractivity contribution is -0.134. The number of carbonyl (C=O) groups excluding carboxylic acids is 1. The Bertz CT molecular complexity index is 258. The number of esters is 1. The summed E-state index contributed by atoms with van der Waals surface area (Å²) in [7, 11) is 3.52. The van der Waals surface area contributed by atoms with E-state index in [1.54, 1.807) is 6.08 Å². The van der Waals surface area contributed by atoms with Crippen molar-refractivity contribution in [2.75, 3.05) is 27.2 Å². The normalized spacial score (nSPS) is 23.7. The molecular formula is C12H19NO2. The van der Waals surface area contributed by atoms with Crippen LogP contribution >= 0.6 is 0 Å². The molecule has 0 amide bonds. The average Bonchev–Trinajstić information content (AvgIpc) is 2.24. The Kier molecular flexibility index (Phi) is 5.12. The summed E-state index contributed by atoms with van der Waals surface area (Å²) >= 11 is 0. The van der Waals surface area contributed by atoms with Crippen LogP contribution in [0.15, 0.2) is 24.3 Å². The molecule has 0 saturated carbocycles. The van der Waals surface area contributed by atoms with Crippen LogP contribution in [-0.2, 0) is 9.53 Å². The van der Waals surface area contributed by atoms with Gasteiger partial charge in [-0.2, -0.15) is 0 Å². The molecule has 15 heavy (non-hydrogen) atoms. The van der Waals surface area contributed by atoms with Crippen molar-refractivity contribution in [2.24, 2.45) is 5.92 Å². The molecular weight excluding hydrogens is 190 g/mol. The van der Waals surface area contributed by atoms with Gasteiger partial charge in [0.2, 0.25) is 0 Å². The van der Waals surface area contributed by atoms with Crippen molar-refractivity contribution < 1.29 is 9.53 Å². The average molecular weight is 209 g/mol. The molecule has 0 bridgehead atoms. The number of allylic oxidation sites excluding steroid dienone is 2. The third-order valence-electron chi connectivity index (χ3n) is 2.59. The summed E-state index contributed by atoms with van der Waals surface area (Å²) in [5.41, 5.74) is 0. The van der Waals surface area contributed by atoms with E-state index >= 15 is 0 Å². The minimum atomic E-state index is -0.305. The number of nitrogens with zero attached hydrogens (tertiary/aromatic N) is 1. The lowest BCUT2D eigenvalue weighted by atomic mass is 9.98. The van der Waals surface area contributed by atoms with Crippen LogP contribution in [0.1, 0.15) is 12.8 Å². The molecule has 0 aromatic rings. The number of hydrogen-bond donors (Lipinski definition) is 0. The minimum Gasteiger partial charge on any atom is -0.466 e. The SMILES string of the molecule is COC(=O)/C=C\C=C\C1CCCN(C)C1. The fourth-order valence-corrected chi connectivity index (χ4v) is 1.79. The second-order valence-electron chi connectivity index (χ2n) is 3.93. The number of rotatable bonds is 3. The van der Waals surface area contributed by atoms with Gasteiger partial charge in [0.15, 0.2) is 0 Å². The summed E-state index contributed by atoms with van der Waals surface area (Å²) in [6.45, 7) is 2.31. The zero-order valence-corrected chi connectivity index (χ0v) is 9.48. The Morgan fingerprint density at radius 2 is 2.27 bits per heavy atom. The molecule has 0 aromatic heterocycles. The van der Waals surface area contributed by atoms with Crippen LogP contribution in [0.4, 0.5) is 0 Å². The number of piperidine rings is 1. The van der Waals surface area contributed by atoms with Gasteiger partial charge in [0.1, 0.15) is 0 Å². The van der Waals surface area contributed by atoms with Crippen LogP contribution in [0.5, 0.6) is 0 Å². The van der Waals surface area contributed by atoms with E-state index in [9.17, 15) is 4.79 Å². The van der Waals surface area contributed by atoms with Gasteiger partial charge in [-0.1, -0.05) is 18.2 Å². The van der Waals surface area contributed by atoms with Crippen molar-refractivity contribution in [3.8, 4) is 0 Å². The predicted molar refractivity (Wildman–Crippen MR) is 60.5 cm³/mol. The van der Waals surface area contributed by atoms with Gasteiger partial charge >= 0.3 is 5.97 Å². The highest BCUT2D eigenvalue weighted by Gasteiger charge is 2.13. The zero-order chi connectivity index (χ0) is 11.1. The second-order valence-corrected chi connectivity index (χ2v) is 3.93. The molecule has 84 valence electrons.